The van der Waals surface area contributed by atoms with Crippen LogP contribution in [0.1, 0.15) is 6.42 Å². The summed E-state index contributed by atoms with van der Waals surface area (Å²) < 4.78 is 0. The minimum absolute atomic E-state index is 0.0595. The topological polar surface area (TPSA) is 67.6 Å². The number of likely N-dealkylation sites (tertiary alicyclic amines) is 1. The van der Waals surface area contributed by atoms with Crippen LogP contribution in [0.5, 0.6) is 0 Å². The van der Waals surface area contributed by atoms with Crippen molar-refractivity contribution in [2.24, 2.45) is 11.8 Å². The normalized spacial score (nSPS) is 19.4. The maximum Gasteiger partial charge on any atom is 0.321 e. The van der Waals surface area contributed by atoms with Crippen LogP contribution < -0.4 is 11.2 Å². The lowest BCUT2D eigenvalue weighted by Crippen LogP contribution is -2.33. The van der Waals surface area contributed by atoms with Gasteiger partial charge in [0.15, 0.2) is 0 Å². The van der Waals surface area contributed by atoms with Gasteiger partial charge < -0.3 is 15.1 Å². The smallest absolute Gasteiger partial charge is 0.321 e. The van der Waals surface area contributed by atoms with Crippen molar-refractivity contribution < 1.29 is 9.63 Å². The Morgan fingerprint density at radius 2 is 2.24 bits per heavy atom. The summed E-state index contributed by atoms with van der Waals surface area (Å²) in [6.45, 7) is 1.97. The van der Waals surface area contributed by atoms with Gasteiger partial charge in [0, 0.05) is 24.7 Å². The molecule has 2 rings (SSSR count). The summed E-state index contributed by atoms with van der Waals surface area (Å²) in [6, 6.07) is 9.38. The lowest BCUT2D eigenvalue weighted by Gasteiger charge is -2.17. The van der Waals surface area contributed by atoms with Crippen LogP contribution >= 0.6 is 0 Å². The number of rotatable bonds is 3. The molecule has 1 heterocycles. The first-order chi connectivity index (χ1) is 8.29. The van der Waals surface area contributed by atoms with Crippen molar-refractivity contribution in [1.82, 2.24) is 4.90 Å². The molecule has 0 bridgehead atoms. The van der Waals surface area contributed by atoms with Crippen LogP contribution in [0.4, 0.5) is 10.5 Å². The highest BCUT2D eigenvalue weighted by molar-refractivity contribution is 5.89. The SMILES string of the molecule is NOCC1CCN(C(=O)Nc2ccccc2)C1. The van der Waals surface area contributed by atoms with Crippen molar-refractivity contribution in [3.8, 4) is 0 Å². The molecule has 1 aliphatic heterocycles. The van der Waals surface area contributed by atoms with Crippen LogP contribution in [0.2, 0.25) is 0 Å². The number of benzene rings is 1. The van der Waals surface area contributed by atoms with E-state index in [1.807, 2.05) is 30.3 Å². The predicted molar refractivity (Wildman–Crippen MR) is 65.3 cm³/mol. The number of para-hydroxylation sites is 1. The Labute approximate surface area is 100 Å². The summed E-state index contributed by atoms with van der Waals surface area (Å²) >= 11 is 0. The highest BCUT2D eigenvalue weighted by atomic mass is 16.6. The zero-order valence-corrected chi connectivity index (χ0v) is 9.63. The second-order valence-electron chi connectivity index (χ2n) is 4.23. The molecule has 0 radical (unpaired) electrons. The standard InChI is InChI=1S/C12H17N3O2/c13-17-9-10-6-7-15(8-10)12(16)14-11-4-2-1-3-5-11/h1-5,10H,6-9,13H2,(H,14,16). The van der Waals surface area contributed by atoms with Gasteiger partial charge in [-0.05, 0) is 18.6 Å². The Balaban J connectivity index is 1.85. The fourth-order valence-corrected chi connectivity index (χ4v) is 2.01. The number of hydrogen-bond donors (Lipinski definition) is 2. The minimum atomic E-state index is -0.0595. The van der Waals surface area contributed by atoms with Gasteiger partial charge in [0.2, 0.25) is 0 Å². The van der Waals surface area contributed by atoms with Crippen LogP contribution in [-0.2, 0) is 4.84 Å². The molecule has 1 aromatic carbocycles. The molecule has 1 atom stereocenters. The van der Waals surface area contributed by atoms with Crippen LogP contribution in [0.25, 0.3) is 0 Å². The van der Waals surface area contributed by atoms with E-state index < -0.39 is 0 Å². The average molecular weight is 235 g/mol. The van der Waals surface area contributed by atoms with Crippen LogP contribution in [0.15, 0.2) is 30.3 Å². The molecule has 5 heteroatoms. The van der Waals surface area contributed by atoms with Crippen LogP contribution in [0, 0.1) is 5.92 Å². The maximum atomic E-state index is 11.9. The molecule has 1 aliphatic rings. The number of carbonyl (C=O) groups excluding carboxylic acids is 1. The van der Waals surface area contributed by atoms with Gasteiger partial charge >= 0.3 is 6.03 Å². The van der Waals surface area contributed by atoms with Gasteiger partial charge in [-0.2, -0.15) is 0 Å². The fourth-order valence-electron chi connectivity index (χ4n) is 2.01. The summed E-state index contributed by atoms with van der Waals surface area (Å²) in [5, 5.41) is 2.86. The molecule has 3 N–H and O–H groups in total. The van der Waals surface area contributed by atoms with Crippen LogP contribution in [-0.4, -0.2) is 30.6 Å². The van der Waals surface area contributed by atoms with E-state index in [9.17, 15) is 4.79 Å². The fraction of sp³-hybridized carbons (Fsp3) is 0.417. The van der Waals surface area contributed by atoms with E-state index in [0.717, 1.165) is 18.7 Å². The summed E-state index contributed by atoms with van der Waals surface area (Å²) in [6.07, 6.45) is 0.944. The summed E-state index contributed by atoms with van der Waals surface area (Å²) in [5.41, 5.74) is 0.816. The second kappa shape index (κ2) is 5.65. The molecule has 1 unspecified atom stereocenters. The van der Waals surface area contributed by atoms with Gasteiger partial charge in [-0.1, -0.05) is 18.2 Å². The molecule has 17 heavy (non-hydrogen) atoms. The highest BCUT2D eigenvalue weighted by Gasteiger charge is 2.26. The molecule has 1 saturated heterocycles. The van der Waals surface area contributed by atoms with E-state index in [-0.39, 0.29) is 6.03 Å². The van der Waals surface area contributed by atoms with E-state index in [0.29, 0.717) is 19.1 Å². The number of hydrogen-bond acceptors (Lipinski definition) is 3. The van der Waals surface area contributed by atoms with E-state index in [1.54, 1.807) is 4.90 Å². The maximum absolute atomic E-state index is 11.9. The lowest BCUT2D eigenvalue weighted by molar-refractivity contribution is 0.104. The molecule has 0 aliphatic carbocycles. The van der Waals surface area contributed by atoms with E-state index in [2.05, 4.69) is 10.2 Å². The number of nitrogens with zero attached hydrogens (tertiary/aromatic N) is 1. The van der Waals surface area contributed by atoms with Crippen molar-refractivity contribution >= 4 is 11.7 Å². The third-order valence-corrected chi connectivity index (χ3v) is 2.93. The molecular weight excluding hydrogens is 218 g/mol. The number of urea groups is 1. The molecule has 0 aromatic heterocycles. The van der Waals surface area contributed by atoms with Crippen molar-refractivity contribution in [2.45, 2.75) is 6.42 Å². The molecule has 1 aromatic rings. The molecule has 1 fully saturated rings. The van der Waals surface area contributed by atoms with Gasteiger partial charge in [-0.25, -0.2) is 10.7 Å². The van der Waals surface area contributed by atoms with Crippen LogP contribution in [0.3, 0.4) is 0 Å². The minimum Gasteiger partial charge on any atom is -0.324 e. The first-order valence-corrected chi connectivity index (χ1v) is 5.72. The van der Waals surface area contributed by atoms with Crippen molar-refractivity contribution in [1.29, 1.82) is 0 Å². The first kappa shape index (κ1) is 11.9. The van der Waals surface area contributed by atoms with Gasteiger partial charge in [-0.3, -0.25) is 0 Å². The van der Waals surface area contributed by atoms with Gasteiger partial charge in [0.25, 0.3) is 0 Å². The Hall–Kier alpha value is -1.59. The number of nitrogens with two attached hydrogens (primary N) is 1. The van der Waals surface area contributed by atoms with Gasteiger partial charge in [-0.15, -0.1) is 0 Å². The highest BCUT2D eigenvalue weighted by Crippen LogP contribution is 2.17. The predicted octanol–water partition coefficient (Wildman–Crippen LogP) is 1.43. The zero-order valence-electron chi connectivity index (χ0n) is 9.63. The Kier molecular flexibility index (Phi) is 3.95. The van der Waals surface area contributed by atoms with Gasteiger partial charge in [0.05, 0.1) is 6.61 Å². The van der Waals surface area contributed by atoms with E-state index in [1.165, 1.54) is 0 Å². The Morgan fingerprint density at radius 1 is 1.47 bits per heavy atom. The summed E-state index contributed by atoms with van der Waals surface area (Å²) in [5.74, 6) is 5.38. The van der Waals surface area contributed by atoms with Crippen molar-refractivity contribution in [3.05, 3.63) is 30.3 Å². The average Bonchev–Trinajstić information content (AvgIpc) is 2.79. The third-order valence-electron chi connectivity index (χ3n) is 2.93. The van der Waals surface area contributed by atoms with Gasteiger partial charge in [0.1, 0.15) is 0 Å². The summed E-state index contributed by atoms with van der Waals surface area (Å²) in [4.78, 5) is 18.3. The molecule has 0 saturated carbocycles. The number of amides is 2. The van der Waals surface area contributed by atoms with Crippen molar-refractivity contribution in [2.75, 3.05) is 25.0 Å². The molecule has 92 valence electrons. The monoisotopic (exact) mass is 235 g/mol. The molecule has 0 spiro atoms. The molecular formula is C12H17N3O2. The first-order valence-electron chi connectivity index (χ1n) is 5.72. The van der Waals surface area contributed by atoms with E-state index >= 15 is 0 Å². The number of nitrogens with one attached hydrogen (secondary N) is 1. The van der Waals surface area contributed by atoms with E-state index in [4.69, 9.17) is 5.90 Å². The van der Waals surface area contributed by atoms with Crippen molar-refractivity contribution in [3.63, 3.8) is 0 Å². The lowest BCUT2D eigenvalue weighted by atomic mass is 10.1. The zero-order chi connectivity index (χ0) is 12.1. The molecule has 5 nitrogen and oxygen atoms in total. The largest absolute Gasteiger partial charge is 0.324 e. The quantitative estimate of drug-likeness (QED) is 0.779. The Morgan fingerprint density at radius 3 is 2.94 bits per heavy atom. The Bertz CT molecular complexity index is 369. The summed E-state index contributed by atoms with van der Waals surface area (Å²) in [7, 11) is 0. The third kappa shape index (κ3) is 3.18. The number of anilines is 1. The molecule has 2 amide bonds. The number of carbonyl (C=O) groups is 1. The second-order valence-corrected chi connectivity index (χ2v) is 4.23.